The van der Waals surface area contributed by atoms with E-state index in [-0.39, 0.29) is 17.9 Å². The molecule has 1 saturated heterocycles. The van der Waals surface area contributed by atoms with Crippen LogP contribution < -0.4 is 10.8 Å². The van der Waals surface area contributed by atoms with Gasteiger partial charge in [0.15, 0.2) is 0 Å². The zero-order valence-electron chi connectivity index (χ0n) is 8.46. The SMILES string of the molecule is CC(C)C(C)C(=O)N[C@H]1CNOC1. The monoisotopic (exact) mass is 186 g/mol. The Morgan fingerprint density at radius 2 is 2.23 bits per heavy atom. The zero-order valence-corrected chi connectivity index (χ0v) is 8.46. The van der Waals surface area contributed by atoms with E-state index in [1.54, 1.807) is 0 Å². The van der Waals surface area contributed by atoms with Gasteiger partial charge in [-0.3, -0.25) is 9.63 Å². The second-order valence-electron chi connectivity index (χ2n) is 3.90. The molecule has 0 radical (unpaired) electrons. The summed E-state index contributed by atoms with van der Waals surface area (Å²) in [6.45, 7) is 7.32. The molecule has 1 fully saturated rings. The highest BCUT2D eigenvalue weighted by Gasteiger charge is 2.22. The number of hydroxylamine groups is 1. The number of nitrogens with one attached hydrogen (secondary N) is 2. The maximum Gasteiger partial charge on any atom is 0.223 e. The highest BCUT2D eigenvalue weighted by Crippen LogP contribution is 2.09. The number of amides is 1. The van der Waals surface area contributed by atoms with Gasteiger partial charge in [-0.05, 0) is 5.92 Å². The van der Waals surface area contributed by atoms with E-state index in [4.69, 9.17) is 4.84 Å². The largest absolute Gasteiger partial charge is 0.349 e. The molecule has 2 N–H and O–H groups in total. The van der Waals surface area contributed by atoms with Crippen LogP contribution in [0.25, 0.3) is 0 Å². The Hall–Kier alpha value is -0.610. The van der Waals surface area contributed by atoms with E-state index >= 15 is 0 Å². The van der Waals surface area contributed by atoms with E-state index in [9.17, 15) is 4.79 Å². The number of carbonyl (C=O) groups is 1. The van der Waals surface area contributed by atoms with Gasteiger partial charge >= 0.3 is 0 Å². The number of hydrogen-bond donors (Lipinski definition) is 2. The summed E-state index contributed by atoms with van der Waals surface area (Å²) in [5.74, 6) is 0.572. The van der Waals surface area contributed by atoms with E-state index in [2.05, 4.69) is 10.8 Å². The zero-order chi connectivity index (χ0) is 9.84. The molecule has 2 atom stereocenters. The van der Waals surface area contributed by atoms with Crippen molar-refractivity contribution in [2.24, 2.45) is 11.8 Å². The van der Waals surface area contributed by atoms with Crippen molar-refractivity contribution in [1.82, 2.24) is 10.8 Å². The van der Waals surface area contributed by atoms with Crippen molar-refractivity contribution < 1.29 is 9.63 Å². The van der Waals surface area contributed by atoms with Gasteiger partial charge in [0.25, 0.3) is 0 Å². The molecule has 0 saturated carbocycles. The van der Waals surface area contributed by atoms with Crippen molar-refractivity contribution in [2.45, 2.75) is 26.8 Å². The van der Waals surface area contributed by atoms with Crippen molar-refractivity contribution in [3.8, 4) is 0 Å². The molecule has 0 spiro atoms. The summed E-state index contributed by atoms with van der Waals surface area (Å²) in [7, 11) is 0. The minimum Gasteiger partial charge on any atom is -0.349 e. The number of rotatable bonds is 3. The first-order chi connectivity index (χ1) is 6.11. The molecule has 0 aromatic heterocycles. The summed E-state index contributed by atoms with van der Waals surface area (Å²) >= 11 is 0. The molecule has 1 heterocycles. The lowest BCUT2D eigenvalue weighted by molar-refractivity contribution is -0.126. The fraction of sp³-hybridized carbons (Fsp3) is 0.889. The fourth-order valence-electron chi connectivity index (χ4n) is 1.11. The van der Waals surface area contributed by atoms with E-state index < -0.39 is 0 Å². The molecule has 0 aromatic rings. The average molecular weight is 186 g/mol. The molecule has 1 unspecified atom stereocenters. The van der Waals surface area contributed by atoms with Gasteiger partial charge in [0.1, 0.15) is 0 Å². The quantitative estimate of drug-likeness (QED) is 0.666. The van der Waals surface area contributed by atoms with Crippen LogP contribution in [0.15, 0.2) is 0 Å². The first-order valence-corrected chi connectivity index (χ1v) is 4.76. The first-order valence-electron chi connectivity index (χ1n) is 4.76. The molecule has 13 heavy (non-hydrogen) atoms. The molecule has 4 heteroatoms. The first kappa shape index (κ1) is 10.5. The number of hydrogen-bond acceptors (Lipinski definition) is 3. The third-order valence-corrected chi connectivity index (χ3v) is 2.48. The van der Waals surface area contributed by atoms with Gasteiger partial charge in [0.05, 0.1) is 12.6 Å². The van der Waals surface area contributed by atoms with Crippen molar-refractivity contribution in [3.05, 3.63) is 0 Å². The van der Waals surface area contributed by atoms with Gasteiger partial charge in [-0.1, -0.05) is 20.8 Å². The van der Waals surface area contributed by atoms with Gasteiger partial charge in [-0.2, -0.15) is 0 Å². The number of carbonyl (C=O) groups excluding carboxylic acids is 1. The van der Waals surface area contributed by atoms with Crippen LogP contribution in [0.3, 0.4) is 0 Å². The summed E-state index contributed by atoms with van der Waals surface area (Å²) in [6, 6.07) is 0.133. The lowest BCUT2D eigenvalue weighted by atomic mass is 9.97. The summed E-state index contributed by atoms with van der Waals surface area (Å²) in [5.41, 5.74) is 2.73. The van der Waals surface area contributed by atoms with Crippen LogP contribution in [0.1, 0.15) is 20.8 Å². The predicted octanol–water partition coefficient (Wildman–Crippen LogP) is 0.298. The molecule has 1 amide bonds. The molecular formula is C9H18N2O2. The highest BCUT2D eigenvalue weighted by molar-refractivity contribution is 5.78. The van der Waals surface area contributed by atoms with Crippen LogP contribution in [0.2, 0.25) is 0 Å². The Labute approximate surface area is 79.0 Å². The molecule has 76 valence electrons. The smallest absolute Gasteiger partial charge is 0.223 e. The van der Waals surface area contributed by atoms with Crippen LogP contribution >= 0.6 is 0 Å². The lowest BCUT2D eigenvalue weighted by Crippen LogP contribution is -2.41. The predicted molar refractivity (Wildman–Crippen MR) is 49.9 cm³/mol. The average Bonchev–Trinajstić information content (AvgIpc) is 2.55. The molecule has 1 rings (SSSR count). The Bertz CT molecular complexity index is 176. The minimum absolute atomic E-state index is 0.0700. The fourth-order valence-corrected chi connectivity index (χ4v) is 1.11. The van der Waals surface area contributed by atoms with Crippen LogP contribution in [0, 0.1) is 11.8 Å². The summed E-state index contributed by atoms with van der Waals surface area (Å²) in [5, 5.41) is 2.93. The molecule has 1 aliphatic heterocycles. The summed E-state index contributed by atoms with van der Waals surface area (Å²) in [4.78, 5) is 16.5. The molecular weight excluding hydrogens is 168 g/mol. The van der Waals surface area contributed by atoms with E-state index in [1.807, 2.05) is 20.8 Å². The van der Waals surface area contributed by atoms with Crippen LogP contribution in [0.5, 0.6) is 0 Å². The van der Waals surface area contributed by atoms with Crippen molar-refractivity contribution in [1.29, 1.82) is 0 Å². The minimum atomic E-state index is 0.0700. The van der Waals surface area contributed by atoms with Gasteiger partial charge in [-0.15, -0.1) is 0 Å². The maximum atomic E-state index is 11.5. The van der Waals surface area contributed by atoms with E-state index in [0.717, 1.165) is 0 Å². The Morgan fingerprint density at radius 1 is 1.54 bits per heavy atom. The lowest BCUT2D eigenvalue weighted by Gasteiger charge is -2.17. The molecule has 0 aliphatic carbocycles. The van der Waals surface area contributed by atoms with E-state index in [1.165, 1.54) is 0 Å². The molecule has 0 aromatic carbocycles. The molecule has 0 bridgehead atoms. The van der Waals surface area contributed by atoms with Gasteiger partial charge in [-0.25, -0.2) is 5.48 Å². The van der Waals surface area contributed by atoms with Crippen LogP contribution in [0.4, 0.5) is 0 Å². The molecule has 4 nitrogen and oxygen atoms in total. The summed E-state index contributed by atoms with van der Waals surface area (Å²) in [6.07, 6.45) is 0. The third kappa shape index (κ3) is 2.97. The maximum absolute atomic E-state index is 11.5. The van der Waals surface area contributed by atoms with Crippen molar-refractivity contribution in [2.75, 3.05) is 13.2 Å². The Kier molecular flexibility index (Phi) is 3.69. The summed E-state index contributed by atoms with van der Waals surface area (Å²) < 4.78 is 0. The van der Waals surface area contributed by atoms with Crippen LogP contribution in [-0.4, -0.2) is 25.1 Å². The van der Waals surface area contributed by atoms with Crippen molar-refractivity contribution in [3.63, 3.8) is 0 Å². The standard InChI is InChI=1S/C9H18N2O2/c1-6(2)7(3)9(12)11-8-4-10-13-5-8/h6-8,10H,4-5H2,1-3H3,(H,11,12)/t7?,8-/m0/s1. The van der Waals surface area contributed by atoms with Gasteiger partial charge < -0.3 is 5.32 Å². The third-order valence-electron chi connectivity index (χ3n) is 2.48. The molecule has 1 aliphatic rings. The van der Waals surface area contributed by atoms with Gasteiger partial charge in [0, 0.05) is 12.5 Å². The Balaban J connectivity index is 2.31. The second-order valence-corrected chi connectivity index (χ2v) is 3.90. The van der Waals surface area contributed by atoms with Crippen LogP contribution in [-0.2, 0) is 9.63 Å². The van der Waals surface area contributed by atoms with Crippen molar-refractivity contribution >= 4 is 5.91 Å². The van der Waals surface area contributed by atoms with Gasteiger partial charge in [0.2, 0.25) is 5.91 Å². The second kappa shape index (κ2) is 4.58. The topological polar surface area (TPSA) is 50.4 Å². The Morgan fingerprint density at radius 3 is 2.69 bits per heavy atom. The van der Waals surface area contributed by atoms with E-state index in [0.29, 0.717) is 19.1 Å². The highest BCUT2D eigenvalue weighted by atomic mass is 16.7. The normalized spacial score (nSPS) is 24.8.